The molecule has 0 bridgehead atoms. The van der Waals surface area contributed by atoms with Crippen LogP contribution in [0.3, 0.4) is 0 Å². The van der Waals surface area contributed by atoms with Crippen molar-refractivity contribution in [2.45, 2.75) is 18.2 Å². The van der Waals surface area contributed by atoms with E-state index in [1.165, 1.54) is 31.4 Å². The van der Waals surface area contributed by atoms with Crippen LogP contribution in [0.1, 0.15) is 17.8 Å². The first-order valence-corrected chi connectivity index (χ1v) is 9.07. The SMILES string of the molecule is COc1nc(C)nc(NC(=O)NS(=O)(=O)c2ccccc2/C=C/CC#N)n1. The minimum atomic E-state index is -4.17. The van der Waals surface area contributed by atoms with Gasteiger partial charge in [0.25, 0.3) is 10.0 Å². The van der Waals surface area contributed by atoms with Crippen molar-refractivity contribution in [1.82, 2.24) is 19.7 Å². The van der Waals surface area contributed by atoms with Crippen LogP contribution in [0.15, 0.2) is 35.2 Å². The second-order valence-electron chi connectivity index (χ2n) is 5.05. The highest BCUT2D eigenvalue weighted by molar-refractivity contribution is 7.90. The van der Waals surface area contributed by atoms with E-state index in [9.17, 15) is 13.2 Å². The molecule has 11 heteroatoms. The summed E-state index contributed by atoms with van der Waals surface area (Å²) in [5, 5.41) is 10.8. The first-order chi connectivity index (χ1) is 12.9. The fraction of sp³-hybridized carbons (Fsp3) is 0.188. The Labute approximate surface area is 156 Å². The van der Waals surface area contributed by atoms with Gasteiger partial charge in [0, 0.05) is 0 Å². The topological polar surface area (TPSA) is 147 Å². The summed E-state index contributed by atoms with van der Waals surface area (Å²) >= 11 is 0. The van der Waals surface area contributed by atoms with Crippen molar-refractivity contribution < 1.29 is 17.9 Å². The van der Waals surface area contributed by atoms with Gasteiger partial charge in [0.15, 0.2) is 0 Å². The molecule has 140 valence electrons. The minimum absolute atomic E-state index is 0.0198. The highest BCUT2D eigenvalue weighted by Crippen LogP contribution is 2.17. The molecule has 0 spiro atoms. The van der Waals surface area contributed by atoms with Gasteiger partial charge < -0.3 is 4.74 Å². The van der Waals surface area contributed by atoms with E-state index in [4.69, 9.17) is 10.00 Å². The molecule has 1 aromatic heterocycles. The lowest BCUT2D eigenvalue weighted by Crippen LogP contribution is -2.35. The molecule has 0 unspecified atom stereocenters. The summed E-state index contributed by atoms with van der Waals surface area (Å²) in [6.07, 6.45) is 3.15. The number of rotatable bonds is 6. The molecule has 2 rings (SSSR count). The number of aryl methyl sites for hydroxylation is 1. The number of anilines is 1. The number of allylic oxidation sites excluding steroid dienone is 1. The standard InChI is InChI=1S/C16H16N6O4S/c1-11-18-14(21-16(19-11)26-2)20-15(23)22-27(24,25)13-9-4-3-7-12(13)8-5-6-10-17/h3-5,7-9H,6H2,1-2H3,(H2,18,19,20,21,22,23)/b8-5+. The number of methoxy groups -OCH3 is 1. The first kappa shape index (κ1) is 19.8. The van der Waals surface area contributed by atoms with Crippen molar-refractivity contribution in [3.63, 3.8) is 0 Å². The van der Waals surface area contributed by atoms with Gasteiger partial charge in [-0.15, -0.1) is 0 Å². The second-order valence-corrected chi connectivity index (χ2v) is 6.71. The zero-order valence-corrected chi connectivity index (χ0v) is 15.3. The predicted octanol–water partition coefficient (Wildman–Crippen LogP) is 1.63. The molecule has 0 aliphatic carbocycles. The number of carbonyl (C=O) groups is 1. The Hall–Kier alpha value is -3.52. The number of carbonyl (C=O) groups excluding carboxylic acids is 1. The van der Waals surface area contributed by atoms with Crippen LogP contribution in [0.4, 0.5) is 10.7 Å². The Morgan fingerprint density at radius 1 is 1.30 bits per heavy atom. The molecule has 27 heavy (non-hydrogen) atoms. The molecule has 1 aromatic carbocycles. The molecule has 10 nitrogen and oxygen atoms in total. The van der Waals surface area contributed by atoms with Crippen LogP contribution in [-0.2, 0) is 10.0 Å². The summed E-state index contributed by atoms with van der Waals surface area (Å²) in [6.45, 7) is 1.56. The number of nitrogens with one attached hydrogen (secondary N) is 2. The van der Waals surface area contributed by atoms with E-state index in [1.54, 1.807) is 19.1 Å². The van der Waals surface area contributed by atoms with Crippen molar-refractivity contribution in [2.75, 3.05) is 12.4 Å². The Morgan fingerprint density at radius 3 is 2.74 bits per heavy atom. The Kier molecular flexibility index (Phi) is 6.40. The molecule has 0 saturated heterocycles. The van der Waals surface area contributed by atoms with E-state index in [0.717, 1.165) is 0 Å². The molecule has 0 aliphatic heterocycles. The highest BCUT2D eigenvalue weighted by Gasteiger charge is 2.21. The van der Waals surface area contributed by atoms with Crippen molar-refractivity contribution in [2.24, 2.45) is 0 Å². The molecule has 2 amide bonds. The average Bonchev–Trinajstić information content (AvgIpc) is 2.61. The number of ether oxygens (including phenoxy) is 1. The van der Waals surface area contributed by atoms with Gasteiger partial charge in [-0.1, -0.05) is 30.4 Å². The van der Waals surface area contributed by atoms with Crippen LogP contribution in [0.2, 0.25) is 0 Å². The van der Waals surface area contributed by atoms with Crippen LogP contribution < -0.4 is 14.8 Å². The van der Waals surface area contributed by atoms with E-state index < -0.39 is 16.1 Å². The zero-order valence-electron chi connectivity index (χ0n) is 14.5. The third-order valence-electron chi connectivity index (χ3n) is 3.08. The van der Waals surface area contributed by atoms with Crippen LogP contribution >= 0.6 is 0 Å². The second kappa shape index (κ2) is 8.72. The smallest absolute Gasteiger partial charge is 0.335 e. The van der Waals surface area contributed by atoms with Gasteiger partial charge in [-0.25, -0.2) is 17.9 Å². The molecule has 0 radical (unpaired) electrons. The fourth-order valence-electron chi connectivity index (χ4n) is 2.01. The lowest BCUT2D eigenvalue weighted by molar-refractivity contribution is 0.256. The van der Waals surface area contributed by atoms with Crippen molar-refractivity contribution in [3.05, 3.63) is 41.7 Å². The van der Waals surface area contributed by atoms with E-state index in [-0.39, 0.29) is 29.1 Å². The summed E-state index contributed by atoms with van der Waals surface area (Å²) in [6, 6.07) is 6.93. The maximum Gasteiger partial charge on any atom is 0.335 e. The number of hydrogen-bond donors (Lipinski definition) is 2. The first-order valence-electron chi connectivity index (χ1n) is 7.58. The summed E-state index contributed by atoms with van der Waals surface area (Å²) in [5.74, 6) is 0.127. The predicted molar refractivity (Wildman–Crippen MR) is 96.2 cm³/mol. The van der Waals surface area contributed by atoms with Gasteiger partial charge in [-0.3, -0.25) is 5.32 Å². The van der Waals surface area contributed by atoms with Crippen LogP contribution in [0.5, 0.6) is 6.01 Å². The third-order valence-corrected chi connectivity index (χ3v) is 4.48. The number of sulfonamides is 1. The molecular weight excluding hydrogens is 372 g/mol. The molecule has 0 fully saturated rings. The Balaban J connectivity index is 2.20. The lowest BCUT2D eigenvalue weighted by atomic mass is 10.2. The van der Waals surface area contributed by atoms with Gasteiger partial charge >= 0.3 is 12.0 Å². The number of aromatic nitrogens is 3. The highest BCUT2D eigenvalue weighted by atomic mass is 32.2. The van der Waals surface area contributed by atoms with E-state index in [1.807, 2.05) is 10.8 Å². The number of benzene rings is 1. The number of urea groups is 1. The normalized spacial score (nSPS) is 11.0. The van der Waals surface area contributed by atoms with E-state index in [0.29, 0.717) is 5.56 Å². The molecule has 0 atom stereocenters. The molecule has 1 heterocycles. The zero-order chi connectivity index (χ0) is 19.9. The molecule has 0 saturated carbocycles. The molecule has 2 aromatic rings. The van der Waals surface area contributed by atoms with E-state index in [2.05, 4.69) is 20.3 Å². The molecule has 0 aliphatic rings. The molecular formula is C16H16N6O4S. The Morgan fingerprint density at radius 2 is 2.04 bits per heavy atom. The maximum atomic E-state index is 12.5. The van der Waals surface area contributed by atoms with Crippen molar-refractivity contribution in [3.8, 4) is 12.1 Å². The van der Waals surface area contributed by atoms with Crippen molar-refractivity contribution >= 4 is 28.1 Å². The summed E-state index contributed by atoms with van der Waals surface area (Å²) in [5.41, 5.74) is 0.339. The summed E-state index contributed by atoms with van der Waals surface area (Å²) in [4.78, 5) is 23.5. The number of nitriles is 1. The van der Waals surface area contributed by atoms with E-state index >= 15 is 0 Å². The maximum absolute atomic E-state index is 12.5. The van der Waals surface area contributed by atoms with Gasteiger partial charge in [-0.2, -0.15) is 20.2 Å². The van der Waals surface area contributed by atoms with Gasteiger partial charge in [0.1, 0.15) is 5.82 Å². The number of hydrogen-bond acceptors (Lipinski definition) is 8. The number of nitrogens with zero attached hydrogens (tertiary/aromatic N) is 4. The van der Waals surface area contributed by atoms with Crippen LogP contribution in [0.25, 0.3) is 6.08 Å². The Bertz CT molecular complexity index is 1010. The van der Waals surface area contributed by atoms with Gasteiger partial charge in [0.05, 0.1) is 24.5 Å². The van der Waals surface area contributed by atoms with Crippen LogP contribution in [-0.4, -0.2) is 36.5 Å². The average molecular weight is 388 g/mol. The fourth-order valence-corrected chi connectivity index (χ4v) is 3.12. The third kappa shape index (κ3) is 5.48. The van der Waals surface area contributed by atoms with Crippen LogP contribution in [0, 0.1) is 18.3 Å². The largest absolute Gasteiger partial charge is 0.467 e. The summed E-state index contributed by atoms with van der Waals surface area (Å²) in [7, 11) is -2.82. The summed E-state index contributed by atoms with van der Waals surface area (Å²) < 4.78 is 31.8. The molecule has 2 N–H and O–H groups in total. The quantitative estimate of drug-likeness (QED) is 0.759. The lowest BCUT2D eigenvalue weighted by Gasteiger charge is -2.10. The van der Waals surface area contributed by atoms with Gasteiger partial charge in [0.2, 0.25) is 5.95 Å². The minimum Gasteiger partial charge on any atom is -0.467 e. The number of amides is 2. The monoisotopic (exact) mass is 388 g/mol. The van der Waals surface area contributed by atoms with Crippen molar-refractivity contribution in [1.29, 1.82) is 5.26 Å². The van der Waals surface area contributed by atoms with Gasteiger partial charge in [-0.05, 0) is 18.6 Å².